The highest BCUT2D eigenvalue weighted by Crippen LogP contribution is 2.27. The van der Waals surface area contributed by atoms with Gasteiger partial charge in [0.05, 0.1) is 31.3 Å². The van der Waals surface area contributed by atoms with Gasteiger partial charge in [-0.3, -0.25) is 4.79 Å². The highest BCUT2D eigenvalue weighted by molar-refractivity contribution is 5.79. The van der Waals surface area contributed by atoms with Crippen molar-refractivity contribution in [1.29, 1.82) is 10.5 Å². The normalized spacial score (nSPS) is 26.6. The second-order valence-electron chi connectivity index (χ2n) is 7.35. The topological polar surface area (TPSA) is 89.2 Å². The molecule has 6 nitrogen and oxygen atoms in total. The Morgan fingerprint density at radius 1 is 1.32 bits per heavy atom. The summed E-state index contributed by atoms with van der Waals surface area (Å²) in [4.78, 5) is 13.6. The number of alkyl halides is 1. The minimum absolute atomic E-state index is 0.0129. The second kappa shape index (κ2) is 8.99. The van der Waals surface area contributed by atoms with E-state index >= 15 is 0 Å². The lowest BCUT2D eigenvalue weighted by Gasteiger charge is -2.21. The van der Waals surface area contributed by atoms with Crippen LogP contribution in [0.3, 0.4) is 0 Å². The number of hydrogen-bond donors (Lipinski definition) is 1. The molecule has 1 amide bonds. The number of carbonyl (C=O) groups excluding carboxylic acids is 1. The van der Waals surface area contributed by atoms with E-state index in [-0.39, 0.29) is 42.9 Å². The lowest BCUT2D eigenvalue weighted by atomic mass is 10.1. The molecule has 0 bridgehead atoms. The number of nitriles is 2. The summed E-state index contributed by atoms with van der Waals surface area (Å²) in [7, 11) is 0. The largest absolute Gasteiger partial charge is 0.493 e. The van der Waals surface area contributed by atoms with Crippen molar-refractivity contribution in [2.45, 2.75) is 43.9 Å². The van der Waals surface area contributed by atoms with Crippen molar-refractivity contribution < 1.29 is 18.3 Å². The molecule has 2 unspecified atom stereocenters. The molecule has 1 aromatic carbocycles. The van der Waals surface area contributed by atoms with Crippen molar-refractivity contribution in [2.75, 3.05) is 19.7 Å². The molecule has 0 aromatic heterocycles. The van der Waals surface area contributed by atoms with Crippen LogP contribution in [0.25, 0.3) is 0 Å². The van der Waals surface area contributed by atoms with Gasteiger partial charge in [-0.1, -0.05) is 0 Å². The summed E-state index contributed by atoms with van der Waals surface area (Å²) in [5.74, 6) is -0.183. The first-order chi connectivity index (χ1) is 13.5. The fraction of sp³-hybridized carbons (Fsp3) is 0.550. The van der Waals surface area contributed by atoms with Gasteiger partial charge in [-0.2, -0.15) is 10.5 Å². The average Bonchev–Trinajstić information content (AvgIpc) is 3.30. The zero-order valence-electron chi connectivity index (χ0n) is 15.4. The first-order valence-corrected chi connectivity index (χ1v) is 9.39. The predicted octanol–water partition coefficient (Wildman–Crippen LogP) is 2.30. The molecular weight excluding hydrogens is 366 g/mol. The lowest BCUT2D eigenvalue weighted by molar-refractivity contribution is -0.130. The maximum absolute atomic E-state index is 13.6. The van der Waals surface area contributed by atoms with Crippen LogP contribution in [-0.4, -0.2) is 48.8 Å². The molecule has 1 aromatic rings. The number of carbonyl (C=O) groups is 1. The first kappa shape index (κ1) is 20.0. The van der Waals surface area contributed by atoms with Gasteiger partial charge in [0.15, 0.2) is 0 Å². The molecule has 1 saturated carbocycles. The Bertz CT molecular complexity index is 804. The van der Waals surface area contributed by atoms with Crippen molar-refractivity contribution in [3.8, 4) is 17.9 Å². The zero-order chi connectivity index (χ0) is 20.1. The van der Waals surface area contributed by atoms with E-state index < -0.39 is 18.0 Å². The maximum Gasteiger partial charge on any atom is 0.237 e. The summed E-state index contributed by atoms with van der Waals surface area (Å²) in [6, 6.07) is 7.40. The molecule has 1 aliphatic heterocycles. The van der Waals surface area contributed by atoms with Crippen LogP contribution in [0.4, 0.5) is 8.78 Å². The number of nitrogens with one attached hydrogen (secondary N) is 1. The minimum Gasteiger partial charge on any atom is -0.493 e. The highest BCUT2D eigenvalue weighted by atomic mass is 19.1. The van der Waals surface area contributed by atoms with Gasteiger partial charge >= 0.3 is 0 Å². The number of halogens is 2. The molecular formula is C20H22F2N4O2. The third-order valence-corrected chi connectivity index (χ3v) is 5.35. The summed E-state index contributed by atoms with van der Waals surface area (Å²) in [6.45, 7) is 0.509. The van der Waals surface area contributed by atoms with Gasteiger partial charge < -0.3 is 15.0 Å². The Labute approximate surface area is 162 Å². The van der Waals surface area contributed by atoms with Gasteiger partial charge in [-0.05, 0) is 37.3 Å². The predicted molar refractivity (Wildman–Crippen MR) is 96.4 cm³/mol. The van der Waals surface area contributed by atoms with E-state index in [9.17, 15) is 13.6 Å². The highest BCUT2D eigenvalue weighted by Gasteiger charge is 2.35. The number of benzene rings is 1. The number of amides is 1. The van der Waals surface area contributed by atoms with E-state index in [0.29, 0.717) is 12.4 Å². The molecule has 1 heterocycles. The van der Waals surface area contributed by atoms with Crippen LogP contribution in [-0.2, 0) is 4.79 Å². The molecule has 1 saturated heterocycles. The van der Waals surface area contributed by atoms with E-state index in [0.717, 1.165) is 19.3 Å². The fourth-order valence-corrected chi connectivity index (χ4v) is 3.82. The van der Waals surface area contributed by atoms with Crippen LogP contribution in [0.2, 0.25) is 0 Å². The van der Waals surface area contributed by atoms with Crippen molar-refractivity contribution in [1.82, 2.24) is 10.2 Å². The second-order valence-corrected chi connectivity index (χ2v) is 7.35. The summed E-state index contributed by atoms with van der Waals surface area (Å²) < 4.78 is 32.7. The van der Waals surface area contributed by atoms with E-state index in [4.69, 9.17) is 15.3 Å². The Hall–Kier alpha value is -2.71. The van der Waals surface area contributed by atoms with Gasteiger partial charge in [0.1, 0.15) is 29.8 Å². The number of likely N-dealkylation sites (tertiary alicyclic amines) is 1. The molecule has 4 atom stereocenters. The van der Waals surface area contributed by atoms with Crippen molar-refractivity contribution in [3.63, 3.8) is 0 Å². The van der Waals surface area contributed by atoms with Crippen molar-refractivity contribution in [3.05, 3.63) is 29.6 Å². The molecule has 2 aliphatic rings. The third kappa shape index (κ3) is 4.76. The van der Waals surface area contributed by atoms with Gasteiger partial charge in [0.2, 0.25) is 5.91 Å². The van der Waals surface area contributed by atoms with Crippen molar-refractivity contribution in [2.24, 2.45) is 5.92 Å². The zero-order valence-corrected chi connectivity index (χ0v) is 15.4. The van der Waals surface area contributed by atoms with Gasteiger partial charge in [-0.15, -0.1) is 0 Å². The number of nitrogens with zero attached hydrogens (tertiary/aromatic N) is 3. The Morgan fingerprint density at radius 3 is 2.86 bits per heavy atom. The molecule has 0 spiro atoms. The van der Waals surface area contributed by atoms with E-state index in [1.165, 1.54) is 17.0 Å². The average molecular weight is 388 g/mol. The van der Waals surface area contributed by atoms with E-state index in [2.05, 4.69) is 5.32 Å². The summed E-state index contributed by atoms with van der Waals surface area (Å²) >= 11 is 0. The minimum atomic E-state index is -1.13. The van der Waals surface area contributed by atoms with Crippen LogP contribution in [0, 0.1) is 34.4 Å². The third-order valence-electron chi connectivity index (χ3n) is 5.35. The fourth-order valence-electron chi connectivity index (χ4n) is 3.82. The standard InChI is InChI=1S/C20H22F2N4O2/c21-15-6-17(9-24)26(11-15)20(27)10-25-16-3-1-13(5-16)12-28-18-4-2-14(8-23)19(22)7-18/h2,4,7,13,15-17,25H,1,3,5-6,10-12H2/t13?,15-,16?,17-/m0/s1. The van der Waals surface area contributed by atoms with Gasteiger partial charge in [0, 0.05) is 18.5 Å². The quantitative estimate of drug-likeness (QED) is 0.808. The van der Waals surface area contributed by atoms with Crippen LogP contribution < -0.4 is 10.1 Å². The molecule has 1 aliphatic carbocycles. The maximum atomic E-state index is 13.6. The van der Waals surface area contributed by atoms with Crippen LogP contribution in [0.1, 0.15) is 31.2 Å². The monoisotopic (exact) mass is 388 g/mol. The smallest absolute Gasteiger partial charge is 0.237 e. The van der Waals surface area contributed by atoms with Gasteiger partial charge in [-0.25, -0.2) is 8.78 Å². The molecule has 1 N–H and O–H groups in total. The molecule has 148 valence electrons. The van der Waals surface area contributed by atoms with Crippen LogP contribution >= 0.6 is 0 Å². The van der Waals surface area contributed by atoms with Crippen LogP contribution in [0.15, 0.2) is 18.2 Å². The summed E-state index contributed by atoms with van der Waals surface area (Å²) in [5.41, 5.74) is -0.0159. The van der Waals surface area contributed by atoms with Gasteiger partial charge in [0.25, 0.3) is 0 Å². The molecule has 8 heteroatoms. The number of ether oxygens (including phenoxy) is 1. The molecule has 3 rings (SSSR count). The molecule has 2 fully saturated rings. The van der Waals surface area contributed by atoms with E-state index in [1.807, 2.05) is 6.07 Å². The Kier molecular flexibility index (Phi) is 6.43. The van der Waals surface area contributed by atoms with Crippen molar-refractivity contribution >= 4 is 5.91 Å². The Balaban J connectivity index is 1.41. The molecule has 28 heavy (non-hydrogen) atoms. The summed E-state index contributed by atoms with van der Waals surface area (Å²) in [5, 5.41) is 21.0. The van der Waals surface area contributed by atoms with Crippen LogP contribution in [0.5, 0.6) is 5.75 Å². The SMILES string of the molecule is N#Cc1ccc(OCC2CCC(NCC(=O)N3C[C@@H](F)C[C@H]3C#N)C2)cc1F. The first-order valence-electron chi connectivity index (χ1n) is 9.39. The summed E-state index contributed by atoms with van der Waals surface area (Å²) in [6.07, 6.45) is 1.58. The number of hydrogen-bond acceptors (Lipinski definition) is 5. The number of rotatable bonds is 6. The molecule has 0 radical (unpaired) electrons. The van der Waals surface area contributed by atoms with E-state index in [1.54, 1.807) is 12.1 Å². The Morgan fingerprint density at radius 2 is 2.14 bits per heavy atom. The lowest BCUT2D eigenvalue weighted by Crippen LogP contribution is -2.43.